The van der Waals surface area contributed by atoms with E-state index in [0.717, 1.165) is 97.6 Å². The van der Waals surface area contributed by atoms with Gasteiger partial charge in [-0.3, -0.25) is 0 Å². The Hall–Kier alpha value is -12.2. The second-order valence-electron chi connectivity index (χ2n) is 29.0. The van der Waals surface area contributed by atoms with E-state index in [1.54, 1.807) is 50.6 Å². The summed E-state index contributed by atoms with van der Waals surface area (Å²) in [6.07, 6.45) is -7.44. The summed E-state index contributed by atoms with van der Waals surface area (Å²) < 4.78 is 190. The van der Waals surface area contributed by atoms with Crippen molar-refractivity contribution in [2.45, 2.75) is 109 Å². The first-order chi connectivity index (χ1) is 56.5. The lowest BCUT2D eigenvalue weighted by Crippen LogP contribution is -2.48. The summed E-state index contributed by atoms with van der Waals surface area (Å²) in [6, 6.07) is 40.6. The lowest BCUT2D eigenvalue weighted by molar-refractivity contribution is -0.155. The standard InChI is InChI=1S/C25H24N2O3.C23H16F6N2O3S.C21H26N2O3.C17H18F6N2O3/c1-15-5-9-17(10-6-15)22-23(18-11-7-16(2)8-12-18)27-25(26-22)19-13-20(29-3)24(28)21(14-19)30-4;24-22(25,26)11-33-15-9-14(10-16(20(15)32)34-12-23(27,28)29)21-30-18(13-5-2-1-3-6-13)19(31-21)17-7-4-8-35-17;1-25-16-6-15(7-17(26-2)19(16)24)20-22-11-18(23-20)21-8-12-3-13(9-21)5-14(4-12)10-21;1-3-10-11(4-2)25-15(24-10)9-5-12(27-7-16(18,19)20)14(26)13(6-9)28-8-17(21,22)23/h5-14,28H,1-4H3,(H,26,27);1-10,32H,11-12H2,(H,30,31);6-7,11-14,24H,3-5,8-10H2,1-2H3,(H,22,23);5-6,26H,3-4,7-8H2,1-2H3,(H,24,25). The van der Waals surface area contributed by atoms with Crippen LogP contribution in [0.15, 0.2) is 151 Å². The summed E-state index contributed by atoms with van der Waals surface area (Å²) in [5.74, 6) is 1.27. The monoisotopic (exact) mass is 1680 g/mol. The molecule has 5 aromatic heterocycles. The van der Waals surface area contributed by atoms with E-state index in [1.165, 1.54) is 80.9 Å². The van der Waals surface area contributed by atoms with E-state index in [9.17, 15) is 73.1 Å². The number of ether oxygens (including phenoxy) is 8. The molecule has 5 heterocycles. The van der Waals surface area contributed by atoms with Crippen molar-refractivity contribution in [1.82, 2.24) is 39.9 Å². The second-order valence-corrected chi connectivity index (χ2v) is 29.9. The zero-order chi connectivity index (χ0) is 85.5. The fourth-order valence-corrected chi connectivity index (χ4v) is 15.9. The first-order valence-corrected chi connectivity index (χ1v) is 38.4. The molecule has 0 saturated heterocycles. The number of H-pyrrole nitrogens is 4. The molecule has 119 heavy (non-hydrogen) atoms. The van der Waals surface area contributed by atoms with Crippen LogP contribution in [0.1, 0.15) is 80.6 Å². The molecular formula is C86H84F12N8O12S. The summed E-state index contributed by atoms with van der Waals surface area (Å²) in [5.41, 5.74) is 13.0. The van der Waals surface area contributed by atoms with E-state index in [-0.39, 0.29) is 34.3 Å². The Morgan fingerprint density at radius 1 is 0.403 bits per heavy atom. The zero-order valence-electron chi connectivity index (χ0n) is 65.4. The van der Waals surface area contributed by atoms with Crippen molar-refractivity contribution >= 4 is 11.3 Å². The number of phenolic OH excluding ortho intramolecular Hbond substituents is 4. The van der Waals surface area contributed by atoms with Gasteiger partial charge in [0.1, 0.15) is 23.3 Å². The molecule has 33 heteroatoms. The Morgan fingerprint density at radius 3 is 1.13 bits per heavy atom. The molecule has 0 amide bonds. The minimum absolute atomic E-state index is 0.0200. The van der Waals surface area contributed by atoms with Crippen LogP contribution in [0.3, 0.4) is 0 Å². The molecule has 0 unspecified atom stereocenters. The molecule has 0 spiro atoms. The lowest BCUT2D eigenvalue weighted by atomic mass is 9.49. The SMILES string of the molecule is CCc1nc(-c2cc(OCC(F)(F)F)c(O)c(OCC(F)(F)F)c2)[nH]c1CC.COc1cc(-c2nc(-c3ccc(C)cc3)c(-c3ccc(C)cc3)[nH]2)cc(OC)c1O.COc1cc(-c2ncc(C34CC5CC(CC(C5)C3)C4)[nH]2)cc(OC)c1O.Oc1c(OCC(F)(F)F)cc(-c2nc(-c3ccccc3)c(-c3cccs3)[nH]2)cc1OCC(F)(F)F. The zero-order valence-corrected chi connectivity index (χ0v) is 66.3. The molecule has 4 aliphatic rings. The topological polar surface area (TPSA) is 269 Å². The maximum atomic E-state index is 12.7. The predicted molar refractivity (Wildman–Crippen MR) is 423 cm³/mol. The molecule has 8 N–H and O–H groups in total. The Morgan fingerprint density at radius 2 is 0.765 bits per heavy atom. The van der Waals surface area contributed by atoms with Gasteiger partial charge in [0.15, 0.2) is 72.4 Å². The largest absolute Gasteiger partial charge is 0.502 e. The summed E-state index contributed by atoms with van der Waals surface area (Å²) in [7, 11) is 6.11. The van der Waals surface area contributed by atoms with Gasteiger partial charge < -0.3 is 78.3 Å². The van der Waals surface area contributed by atoms with Crippen molar-refractivity contribution in [3.8, 4) is 159 Å². The molecule has 0 radical (unpaired) electrons. The summed E-state index contributed by atoms with van der Waals surface area (Å²) >= 11 is 1.41. The van der Waals surface area contributed by atoms with Crippen LogP contribution in [0, 0.1) is 31.6 Å². The van der Waals surface area contributed by atoms with Crippen molar-refractivity contribution in [3.63, 3.8) is 0 Å². The van der Waals surface area contributed by atoms with Gasteiger partial charge in [0.05, 0.1) is 61.8 Å². The van der Waals surface area contributed by atoms with Crippen LogP contribution in [0.5, 0.6) is 69.0 Å². The number of alkyl halides is 12. The number of halogens is 12. The van der Waals surface area contributed by atoms with Gasteiger partial charge in [-0.2, -0.15) is 52.7 Å². The number of aromatic nitrogens is 8. The Kier molecular flexibility index (Phi) is 26.1. The third-order valence-corrected chi connectivity index (χ3v) is 21.2. The van der Waals surface area contributed by atoms with Crippen molar-refractivity contribution in [3.05, 3.63) is 179 Å². The lowest BCUT2D eigenvalue weighted by Gasteiger charge is -2.56. The summed E-state index contributed by atoms with van der Waals surface area (Å²) in [4.78, 5) is 32.4. The van der Waals surface area contributed by atoms with Crippen LogP contribution in [-0.4, -0.2) is 140 Å². The van der Waals surface area contributed by atoms with Crippen molar-refractivity contribution in [2.24, 2.45) is 17.8 Å². The quantitative estimate of drug-likeness (QED) is 0.0277. The molecule has 4 fully saturated rings. The Bertz CT molecular complexity index is 5200. The molecule has 4 saturated carbocycles. The number of hydrogen-bond acceptors (Lipinski definition) is 17. The maximum Gasteiger partial charge on any atom is 0.422 e. The van der Waals surface area contributed by atoms with Gasteiger partial charge in [0.2, 0.25) is 23.0 Å². The van der Waals surface area contributed by atoms with Gasteiger partial charge in [-0.1, -0.05) is 110 Å². The van der Waals surface area contributed by atoms with Crippen molar-refractivity contribution in [1.29, 1.82) is 0 Å². The van der Waals surface area contributed by atoms with Gasteiger partial charge in [0, 0.05) is 61.9 Å². The fraction of sp³-hybridized carbons (Fsp3) is 0.326. The summed E-state index contributed by atoms with van der Waals surface area (Å²) in [6.45, 7) is 0.845. The number of rotatable bonds is 23. The molecule has 4 bridgehead atoms. The predicted octanol–water partition coefficient (Wildman–Crippen LogP) is 21.9. The normalized spacial score (nSPS) is 16.2. The van der Waals surface area contributed by atoms with E-state index in [1.807, 2.05) is 55.8 Å². The van der Waals surface area contributed by atoms with Crippen LogP contribution in [0.4, 0.5) is 52.7 Å². The average molecular weight is 1680 g/mol. The average Bonchev–Trinajstić information content (AvgIpc) is 1.41. The molecule has 20 nitrogen and oxygen atoms in total. The highest BCUT2D eigenvalue weighted by atomic mass is 32.1. The minimum atomic E-state index is -4.74. The minimum Gasteiger partial charge on any atom is -0.502 e. The van der Waals surface area contributed by atoms with Crippen LogP contribution in [0.25, 0.3) is 89.9 Å². The summed E-state index contributed by atoms with van der Waals surface area (Å²) in [5, 5.41) is 42.4. The smallest absolute Gasteiger partial charge is 0.422 e. The first-order valence-electron chi connectivity index (χ1n) is 37.5. The first kappa shape index (κ1) is 86.2. The Balaban J connectivity index is 0.000000146. The fourth-order valence-electron chi connectivity index (χ4n) is 15.2. The van der Waals surface area contributed by atoms with Crippen LogP contribution >= 0.6 is 11.3 Å². The third-order valence-electron chi connectivity index (χ3n) is 20.3. The number of phenols is 4. The van der Waals surface area contributed by atoms with E-state index in [2.05, 4.69) is 116 Å². The molecule has 16 rings (SSSR count). The number of aromatic hydroxyl groups is 4. The second kappa shape index (κ2) is 36.0. The van der Waals surface area contributed by atoms with Crippen LogP contribution < -0.4 is 37.9 Å². The van der Waals surface area contributed by atoms with E-state index in [4.69, 9.17) is 23.9 Å². The van der Waals surface area contributed by atoms with E-state index < -0.39 is 85.6 Å². The molecular weight excluding hydrogens is 1600 g/mol. The molecule has 7 aromatic carbocycles. The molecule has 12 aromatic rings. The number of aryl methyl sites for hydroxylation is 4. The molecule has 4 aliphatic carbocycles. The van der Waals surface area contributed by atoms with Gasteiger partial charge in [-0.25, -0.2) is 19.9 Å². The highest BCUT2D eigenvalue weighted by Gasteiger charge is 2.52. The van der Waals surface area contributed by atoms with Crippen LogP contribution in [-0.2, 0) is 18.3 Å². The molecule has 0 atom stereocenters. The molecule has 630 valence electrons. The van der Waals surface area contributed by atoms with Crippen molar-refractivity contribution < 1.29 is 111 Å². The maximum absolute atomic E-state index is 12.7. The molecule has 0 aliphatic heterocycles. The highest BCUT2D eigenvalue weighted by Crippen LogP contribution is 2.61. The number of benzene rings is 7. The third kappa shape index (κ3) is 21.1. The number of thiophene rings is 1. The highest BCUT2D eigenvalue weighted by molar-refractivity contribution is 7.13. The number of imidazole rings is 4. The van der Waals surface area contributed by atoms with Gasteiger partial charge in [-0.15, -0.1) is 11.3 Å². The number of nitrogens with one attached hydrogen (secondary N) is 4. The number of aromatic amines is 4. The van der Waals surface area contributed by atoms with E-state index in [0.29, 0.717) is 64.2 Å². The number of hydrogen-bond donors (Lipinski definition) is 8. The van der Waals surface area contributed by atoms with Gasteiger partial charge >= 0.3 is 24.7 Å². The van der Waals surface area contributed by atoms with Gasteiger partial charge in [0.25, 0.3) is 0 Å². The van der Waals surface area contributed by atoms with Crippen molar-refractivity contribution in [2.75, 3.05) is 54.9 Å². The van der Waals surface area contributed by atoms with Gasteiger partial charge in [-0.05, 0) is 143 Å². The number of methoxy groups -OCH3 is 4. The Labute approximate surface area is 679 Å². The number of nitrogens with zero attached hydrogens (tertiary/aromatic N) is 4. The van der Waals surface area contributed by atoms with Crippen LogP contribution in [0.2, 0.25) is 0 Å². The van der Waals surface area contributed by atoms with E-state index >= 15 is 0 Å².